The highest BCUT2D eigenvalue weighted by atomic mass is 32.2. The maximum Gasteiger partial charge on any atom is 0.241 e. The van der Waals surface area contributed by atoms with Gasteiger partial charge in [0.25, 0.3) is 0 Å². The van der Waals surface area contributed by atoms with Gasteiger partial charge >= 0.3 is 0 Å². The number of benzene rings is 2. The zero-order valence-corrected chi connectivity index (χ0v) is 19.3. The molecule has 0 aliphatic rings. The van der Waals surface area contributed by atoms with Gasteiger partial charge in [0.1, 0.15) is 12.4 Å². The van der Waals surface area contributed by atoms with Gasteiger partial charge in [0.05, 0.1) is 28.9 Å². The van der Waals surface area contributed by atoms with E-state index >= 15 is 0 Å². The summed E-state index contributed by atoms with van der Waals surface area (Å²) in [5.41, 5.74) is 2.97. The maximum atomic E-state index is 12.2. The average molecular weight is 468 g/mol. The molecule has 1 unspecified atom stereocenters. The van der Waals surface area contributed by atoms with Gasteiger partial charge in [-0.25, -0.2) is 9.37 Å². The van der Waals surface area contributed by atoms with Crippen molar-refractivity contribution >= 4 is 22.6 Å². The van der Waals surface area contributed by atoms with Gasteiger partial charge in [0.15, 0.2) is 0 Å². The lowest BCUT2D eigenvalue weighted by Crippen LogP contribution is -2.16. The molecule has 1 aromatic heterocycles. The zero-order valence-electron chi connectivity index (χ0n) is 18.5. The molecule has 3 rings (SSSR count). The van der Waals surface area contributed by atoms with Crippen molar-refractivity contribution in [1.29, 1.82) is 10.8 Å². The van der Waals surface area contributed by atoms with Gasteiger partial charge in [-0.15, -0.1) is 0 Å². The summed E-state index contributed by atoms with van der Waals surface area (Å²) in [6, 6.07) is 14.3. The van der Waals surface area contributed by atoms with Crippen LogP contribution in [0.3, 0.4) is 0 Å². The van der Waals surface area contributed by atoms with Gasteiger partial charge in [-0.1, -0.05) is 38.1 Å². The summed E-state index contributed by atoms with van der Waals surface area (Å²) < 4.78 is 29.8. The molecule has 0 aliphatic heterocycles. The molecule has 0 amide bonds. The molecule has 0 aliphatic carbocycles. The Hall–Kier alpha value is -3.30. The van der Waals surface area contributed by atoms with Crippen molar-refractivity contribution in [2.24, 2.45) is 0 Å². The highest BCUT2D eigenvalue weighted by molar-refractivity contribution is 7.85. The molecule has 0 spiro atoms. The standard InChI is InChI=1S/C24H26FN5O2S/c1-16(2)33(31)20-9-7-18(8-10-20)21-14-29-15-22(30-21)24(27)32-23(26)19-5-3-17(4-6-19)13-28-12-11-25/h3-10,14-16,26-28H,11-13H2,1-2H3. The van der Waals surface area contributed by atoms with Crippen LogP contribution < -0.4 is 5.32 Å². The molecule has 2 aromatic carbocycles. The van der Waals surface area contributed by atoms with E-state index in [1.165, 1.54) is 6.20 Å². The first-order chi connectivity index (χ1) is 15.9. The summed E-state index contributed by atoms with van der Waals surface area (Å²) in [7, 11) is -1.07. The number of hydrogen-bond donors (Lipinski definition) is 3. The summed E-state index contributed by atoms with van der Waals surface area (Å²) in [6.07, 6.45) is 2.98. The van der Waals surface area contributed by atoms with Crippen molar-refractivity contribution < 1.29 is 13.3 Å². The summed E-state index contributed by atoms with van der Waals surface area (Å²) in [6.45, 7) is 4.21. The number of ether oxygens (including phenoxy) is 1. The molecule has 7 nitrogen and oxygen atoms in total. The fraction of sp³-hybridized carbons (Fsp3) is 0.250. The van der Waals surface area contributed by atoms with Crippen LogP contribution in [0.25, 0.3) is 11.3 Å². The third-order valence-corrected chi connectivity index (χ3v) is 6.29. The molecule has 0 bridgehead atoms. The molecule has 1 atom stereocenters. The fourth-order valence-corrected chi connectivity index (χ4v) is 3.88. The average Bonchev–Trinajstić information content (AvgIpc) is 2.84. The minimum Gasteiger partial charge on any atom is -0.419 e. The summed E-state index contributed by atoms with van der Waals surface area (Å²) in [5, 5.41) is 19.4. The van der Waals surface area contributed by atoms with Crippen molar-refractivity contribution in [3.05, 3.63) is 77.7 Å². The van der Waals surface area contributed by atoms with E-state index in [1.54, 1.807) is 30.5 Å². The first-order valence-electron chi connectivity index (χ1n) is 10.4. The number of hydrogen-bond acceptors (Lipinski definition) is 7. The smallest absolute Gasteiger partial charge is 0.241 e. The Labute approximate surface area is 194 Å². The van der Waals surface area contributed by atoms with Crippen molar-refractivity contribution in [3.8, 4) is 11.3 Å². The molecule has 33 heavy (non-hydrogen) atoms. The van der Waals surface area contributed by atoms with Crippen LogP contribution in [0.5, 0.6) is 0 Å². The highest BCUT2D eigenvalue weighted by Gasteiger charge is 2.13. The lowest BCUT2D eigenvalue weighted by Gasteiger charge is -2.10. The Bertz CT molecular complexity index is 1130. The third-order valence-electron chi connectivity index (χ3n) is 4.70. The molecule has 3 aromatic rings. The SMILES string of the molecule is CC(C)S(=O)c1ccc(-c2cncc(C(=N)OC(=N)c3ccc(CNCCF)cc3)n2)cc1. The Morgan fingerprint density at radius 3 is 2.39 bits per heavy atom. The number of nitrogens with zero attached hydrogens (tertiary/aromatic N) is 2. The third kappa shape index (κ3) is 6.59. The fourth-order valence-electron chi connectivity index (χ4n) is 2.93. The van der Waals surface area contributed by atoms with Gasteiger partial charge in [-0.05, 0) is 29.8 Å². The Morgan fingerprint density at radius 2 is 1.76 bits per heavy atom. The van der Waals surface area contributed by atoms with E-state index in [0.717, 1.165) is 16.0 Å². The Kier molecular flexibility index (Phi) is 8.51. The predicted molar refractivity (Wildman–Crippen MR) is 128 cm³/mol. The minimum absolute atomic E-state index is 0.0288. The first-order valence-corrected chi connectivity index (χ1v) is 11.6. The lowest BCUT2D eigenvalue weighted by molar-refractivity contribution is 0.467. The highest BCUT2D eigenvalue weighted by Crippen LogP contribution is 2.20. The van der Waals surface area contributed by atoms with Crippen LogP contribution in [0.1, 0.15) is 30.7 Å². The second kappa shape index (κ2) is 11.5. The van der Waals surface area contributed by atoms with Gasteiger partial charge in [0, 0.05) is 34.4 Å². The Balaban J connectivity index is 1.67. The summed E-state index contributed by atoms with van der Waals surface area (Å²) in [5.74, 6) is -0.475. The lowest BCUT2D eigenvalue weighted by atomic mass is 10.1. The number of rotatable bonds is 9. The van der Waals surface area contributed by atoms with Gasteiger partial charge < -0.3 is 10.1 Å². The van der Waals surface area contributed by atoms with Crippen molar-refractivity contribution in [2.75, 3.05) is 13.2 Å². The minimum atomic E-state index is -1.07. The van der Waals surface area contributed by atoms with E-state index in [4.69, 9.17) is 15.6 Å². The molecule has 3 N–H and O–H groups in total. The Morgan fingerprint density at radius 1 is 1.06 bits per heavy atom. The summed E-state index contributed by atoms with van der Waals surface area (Å²) in [4.78, 5) is 9.32. The molecule has 9 heteroatoms. The van der Waals surface area contributed by atoms with E-state index in [2.05, 4.69) is 15.3 Å². The molecule has 0 saturated heterocycles. The largest absolute Gasteiger partial charge is 0.419 e. The number of halogens is 1. The van der Waals surface area contributed by atoms with E-state index in [0.29, 0.717) is 24.3 Å². The van der Waals surface area contributed by atoms with Crippen LogP contribution in [-0.4, -0.2) is 44.4 Å². The van der Waals surface area contributed by atoms with Crippen LogP contribution in [0.4, 0.5) is 4.39 Å². The van der Waals surface area contributed by atoms with E-state index in [9.17, 15) is 8.60 Å². The summed E-state index contributed by atoms with van der Waals surface area (Å²) >= 11 is 0. The zero-order chi connectivity index (χ0) is 23.8. The molecular weight excluding hydrogens is 441 g/mol. The molecule has 172 valence electrons. The van der Waals surface area contributed by atoms with Crippen molar-refractivity contribution in [3.63, 3.8) is 0 Å². The number of aromatic nitrogens is 2. The monoisotopic (exact) mass is 467 g/mol. The number of alkyl halides is 1. The molecule has 1 heterocycles. The van der Waals surface area contributed by atoms with Gasteiger partial charge in [-0.2, -0.15) is 0 Å². The molecule has 0 saturated carbocycles. The van der Waals surface area contributed by atoms with Gasteiger partial charge in [-0.3, -0.25) is 20.0 Å². The van der Waals surface area contributed by atoms with Crippen LogP contribution in [0.15, 0.2) is 65.8 Å². The second-order valence-electron chi connectivity index (χ2n) is 7.48. The first kappa shape index (κ1) is 24.3. The van der Waals surface area contributed by atoms with Crippen LogP contribution >= 0.6 is 0 Å². The molecule has 0 radical (unpaired) electrons. The van der Waals surface area contributed by atoms with E-state index in [1.807, 2.05) is 38.1 Å². The molecular formula is C24H26FN5O2S. The van der Waals surface area contributed by atoms with Crippen LogP contribution in [-0.2, 0) is 22.1 Å². The van der Waals surface area contributed by atoms with Crippen LogP contribution in [0.2, 0.25) is 0 Å². The van der Waals surface area contributed by atoms with Crippen LogP contribution in [0, 0.1) is 10.8 Å². The molecule has 0 fully saturated rings. The predicted octanol–water partition coefficient (Wildman–Crippen LogP) is 4.09. The van der Waals surface area contributed by atoms with E-state index in [-0.39, 0.29) is 22.7 Å². The normalized spacial score (nSPS) is 11.9. The quantitative estimate of drug-likeness (QED) is 0.249. The topological polar surface area (TPSA) is 112 Å². The second-order valence-corrected chi connectivity index (χ2v) is 9.49. The van der Waals surface area contributed by atoms with Crippen molar-refractivity contribution in [2.45, 2.75) is 30.5 Å². The van der Waals surface area contributed by atoms with E-state index < -0.39 is 17.5 Å². The number of nitrogens with one attached hydrogen (secondary N) is 3. The van der Waals surface area contributed by atoms with Crippen molar-refractivity contribution in [1.82, 2.24) is 15.3 Å². The maximum absolute atomic E-state index is 12.2. The van der Waals surface area contributed by atoms with Gasteiger partial charge in [0.2, 0.25) is 11.8 Å².